The van der Waals surface area contributed by atoms with Gasteiger partial charge in [-0.25, -0.2) is 10.2 Å². The summed E-state index contributed by atoms with van der Waals surface area (Å²) < 4.78 is 18.1. The molecule has 11 nitrogen and oxygen atoms in total. The van der Waals surface area contributed by atoms with Gasteiger partial charge in [0.2, 0.25) is 0 Å². The summed E-state index contributed by atoms with van der Waals surface area (Å²) in [5, 5.41) is 5.04. The minimum Gasteiger partial charge on any atom is -0.492 e. The van der Waals surface area contributed by atoms with E-state index in [-0.39, 0.29) is 29.5 Å². The molecule has 52 heavy (non-hydrogen) atoms. The van der Waals surface area contributed by atoms with Crippen molar-refractivity contribution in [1.29, 1.82) is 0 Å². The van der Waals surface area contributed by atoms with Crippen molar-refractivity contribution in [3.63, 3.8) is 0 Å². The molecule has 2 unspecified atom stereocenters. The molecule has 3 aromatic carbocycles. The third kappa shape index (κ3) is 7.32. The first-order valence-corrected chi connectivity index (χ1v) is 17.7. The molecule has 1 saturated heterocycles. The van der Waals surface area contributed by atoms with Gasteiger partial charge in [0.1, 0.15) is 29.2 Å². The van der Waals surface area contributed by atoms with E-state index in [0.29, 0.717) is 36.0 Å². The van der Waals surface area contributed by atoms with Crippen LogP contribution in [-0.2, 0) is 9.53 Å². The number of likely N-dealkylation sites (N-methyl/N-ethyl adjacent to an activating group) is 2. The van der Waals surface area contributed by atoms with Crippen molar-refractivity contribution < 1.29 is 28.3 Å². The number of rotatable bonds is 11. The number of nitrogens with zero attached hydrogens (tertiary/aromatic N) is 4. The second kappa shape index (κ2) is 15.1. The van der Waals surface area contributed by atoms with Crippen molar-refractivity contribution in [1.82, 2.24) is 20.1 Å². The van der Waals surface area contributed by atoms with E-state index in [1.165, 1.54) is 11.9 Å². The van der Waals surface area contributed by atoms with Gasteiger partial charge in [-0.1, -0.05) is 67.9 Å². The number of benzene rings is 3. The van der Waals surface area contributed by atoms with Crippen LogP contribution >= 0.6 is 0 Å². The molecule has 1 fully saturated rings. The number of ether oxygens (including phenoxy) is 2. The summed E-state index contributed by atoms with van der Waals surface area (Å²) in [5.41, 5.74) is 5.18. The lowest BCUT2D eigenvalue weighted by Gasteiger charge is -2.35. The SMILES string of the molecule is CC[C@@H]1CN(C(=O)c2cc3cc(OCCN(C)C)ccc3o2)C2C=C(OC(=O)N(C)C(C)(C)C(=O)N/N=C(\C)c3ccccc3)c3ccccc3C21. The number of carbonyl (C=O) groups is 3. The number of furan rings is 1. The summed E-state index contributed by atoms with van der Waals surface area (Å²) in [7, 11) is 5.50. The molecule has 0 bridgehead atoms. The zero-order valence-electron chi connectivity index (χ0n) is 30.9. The van der Waals surface area contributed by atoms with Crippen LogP contribution in [0.5, 0.6) is 5.75 Å². The van der Waals surface area contributed by atoms with Gasteiger partial charge in [0, 0.05) is 37.0 Å². The molecule has 1 aliphatic heterocycles. The molecule has 3 amide bonds. The van der Waals surface area contributed by atoms with Crippen LogP contribution in [0.25, 0.3) is 16.7 Å². The van der Waals surface area contributed by atoms with E-state index >= 15 is 0 Å². The van der Waals surface area contributed by atoms with Crippen LogP contribution in [0.2, 0.25) is 0 Å². The molecular formula is C41H47N5O6. The van der Waals surface area contributed by atoms with Crippen LogP contribution in [0, 0.1) is 5.92 Å². The number of nitrogens with one attached hydrogen (secondary N) is 1. The maximum Gasteiger partial charge on any atom is 0.415 e. The van der Waals surface area contributed by atoms with Gasteiger partial charge >= 0.3 is 6.09 Å². The Hall–Kier alpha value is -5.42. The molecule has 11 heteroatoms. The Morgan fingerprint density at radius 2 is 1.73 bits per heavy atom. The number of hydrogen-bond acceptors (Lipinski definition) is 8. The summed E-state index contributed by atoms with van der Waals surface area (Å²) in [5.74, 6) is 0.743. The van der Waals surface area contributed by atoms with Gasteiger partial charge in [-0.2, -0.15) is 5.10 Å². The summed E-state index contributed by atoms with van der Waals surface area (Å²) in [6.45, 7) is 9.03. The van der Waals surface area contributed by atoms with E-state index in [1.807, 2.05) is 103 Å². The fraction of sp³-hybridized carbons (Fsp3) is 0.366. The summed E-state index contributed by atoms with van der Waals surface area (Å²) in [4.78, 5) is 46.4. The van der Waals surface area contributed by atoms with Crippen molar-refractivity contribution in [3.05, 3.63) is 107 Å². The molecule has 2 heterocycles. The van der Waals surface area contributed by atoms with Gasteiger partial charge in [0.15, 0.2) is 5.76 Å². The van der Waals surface area contributed by atoms with E-state index in [1.54, 1.807) is 26.8 Å². The standard InChI is InChI=1S/C41H47N5O6/c1-8-27-25-46(38(47)36-23-29-22-30(18-19-34(29)51-36)50-21-20-44(5)6)33-24-35(31-16-12-13-17-32(31)37(27)33)52-40(49)45(7)41(3,4)39(48)43-42-26(2)28-14-10-9-11-15-28/h9-19,22-24,27,33,37H,8,20-21,25H2,1-7H3,(H,43,48)/b42-26+/t27-,33?,37?/m1/s1. The number of carbonyl (C=O) groups excluding carboxylic acids is 3. The molecule has 1 aromatic heterocycles. The average Bonchev–Trinajstić information content (AvgIpc) is 3.75. The molecule has 6 rings (SSSR count). The quantitative estimate of drug-likeness (QED) is 0.136. The molecule has 1 aliphatic carbocycles. The molecule has 0 saturated carbocycles. The third-order valence-electron chi connectivity index (χ3n) is 10.2. The van der Waals surface area contributed by atoms with Crippen LogP contribution in [-0.4, -0.2) is 90.7 Å². The topological polar surface area (TPSA) is 117 Å². The first-order valence-electron chi connectivity index (χ1n) is 17.7. The second-order valence-electron chi connectivity index (χ2n) is 14.2. The Kier molecular flexibility index (Phi) is 10.5. The predicted octanol–water partition coefficient (Wildman–Crippen LogP) is 6.75. The Labute approximate surface area is 304 Å². The largest absolute Gasteiger partial charge is 0.492 e. The van der Waals surface area contributed by atoms with Gasteiger partial charge in [-0.15, -0.1) is 0 Å². The van der Waals surface area contributed by atoms with E-state index in [2.05, 4.69) is 17.5 Å². The fourth-order valence-electron chi connectivity index (χ4n) is 6.80. The Morgan fingerprint density at radius 1 is 1.00 bits per heavy atom. The van der Waals surface area contributed by atoms with Gasteiger partial charge in [0.05, 0.1) is 11.8 Å². The monoisotopic (exact) mass is 705 g/mol. The molecule has 4 aromatic rings. The molecule has 3 atom stereocenters. The van der Waals surface area contributed by atoms with E-state index in [0.717, 1.165) is 35.0 Å². The highest BCUT2D eigenvalue weighted by molar-refractivity contribution is 6.00. The van der Waals surface area contributed by atoms with E-state index in [4.69, 9.17) is 13.9 Å². The van der Waals surface area contributed by atoms with Crippen LogP contribution < -0.4 is 10.2 Å². The maximum atomic E-state index is 14.2. The summed E-state index contributed by atoms with van der Waals surface area (Å²) in [6.07, 6.45) is 2.01. The van der Waals surface area contributed by atoms with E-state index < -0.39 is 17.5 Å². The summed E-state index contributed by atoms with van der Waals surface area (Å²) >= 11 is 0. The average molecular weight is 706 g/mol. The second-order valence-corrected chi connectivity index (χ2v) is 14.2. The first-order chi connectivity index (χ1) is 24.9. The molecule has 272 valence electrons. The molecule has 0 spiro atoms. The Balaban J connectivity index is 1.23. The first kappa shape index (κ1) is 36.4. The molecular weight excluding hydrogens is 658 g/mol. The van der Waals surface area contributed by atoms with Crippen LogP contribution in [0.4, 0.5) is 4.79 Å². The number of fused-ring (bicyclic) bond motifs is 4. The van der Waals surface area contributed by atoms with Crippen molar-refractivity contribution >= 4 is 40.3 Å². The highest BCUT2D eigenvalue weighted by atomic mass is 16.6. The lowest BCUT2D eigenvalue weighted by atomic mass is 9.77. The molecule has 0 radical (unpaired) electrons. The number of amides is 3. The van der Waals surface area contributed by atoms with Crippen LogP contribution in [0.15, 0.2) is 94.5 Å². The maximum absolute atomic E-state index is 14.2. The third-order valence-corrected chi connectivity index (χ3v) is 10.2. The van der Waals surface area contributed by atoms with Crippen molar-refractivity contribution in [2.75, 3.05) is 40.8 Å². The number of likely N-dealkylation sites (tertiary alicyclic amines) is 1. The molecule has 2 aliphatic rings. The normalized spacial score (nSPS) is 18.5. The van der Waals surface area contributed by atoms with Gasteiger partial charge in [-0.05, 0) is 82.3 Å². The zero-order chi connectivity index (χ0) is 37.2. The van der Waals surface area contributed by atoms with Crippen LogP contribution in [0.3, 0.4) is 0 Å². The Bertz CT molecular complexity index is 2020. The van der Waals surface area contributed by atoms with Crippen molar-refractivity contribution in [3.8, 4) is 5.75 Å². The van der Waals surface area contributed by atoms with Crippen molar-refractivity contribution in [2.24, 2.45) is 11.0 Å². The van der Waals surface area contributed by atoms with Crippen molar-refractivity contribution in [2.45, 2.75) is 51.6 Å². The predicted molar refractivity (Wildman–Crippen MR) is 201 cm³/mol. The van der Waals surface area contributed by atoms with Gasteiger partial charge in [0.25, 0.3) is 11.8 Å². The lowest BCUT2D eigenvalue weighted by Crippen LogP contribution is -2.54. The number of hydrogen-bond donors (Lipinski definition) is 1. The highest BCUT2D eigenvalue weighted by Gasteiger charge is 2.47. The highest BCUT2D eigenvalue weighted by Crippen LogP contribution is 2.47. The Morgan fingerprint density at radius 3 is 2.46 bits per heavy atom. The smallest absolute Gasteiger partial charge is 0.415 e. The van der Waals surface area contributed by atoms with E-state index in [9.17, 15) is 14.4 Å². The van der Waals surface area contributed by atoms with Gasteiger partial charge < -0.3 is 23.7 Å². The zero-order valence-corrected chi connectivity index (χ0v) is 30.9. The summed E-state index contributed by atoms with van der Waals surface area (Å²) in [6, 6.07) is 24.3. The molecule has 1 N–H and O–H groups in total. The minimum atomic E-state index is -1.31. The lowest BCUT2D eigenvalue weighted by molar-refractivity contribution is -0.130. The van der Waals surface area contributed by atoms with Gasteiger partial charge in [-0.3, -0.25) is 14.5 Å². The van der Waals surface area contributed by atoms with Crippen LogP contribution in [0.1, 0.15) is 67.3 Å². The fourth-order valence-corrected chi connectivity index (χ4v) is 6.80. The number of hydrazone groups is 1. The minimum absolute atomic E-state index is 0.000607.